The summed E-state index contributed by atoms with van der Waals surface area (Å²) in [5.74, 6) is -0.00562. The average Bonchev–Trinajstić information content (AvgIpc) is 2.87. The molecule has 34 heavy (non-hydrogen) atoms. The van der Waals surface area contributed by atoms with E-state index in [-0.39, 0.29) is 17.7 Å². The molecule has 2 heterocycles. The van der Waals surface area contributed by atoms with Crippen LogP contribution in [0.3, 0.4) is 0 Å². The summed E-state index contributed by atoms with van der Waals surface area (Å²) < 4.78 is 18.9. The van der Waals surface area contributed by atoms with E-state index in [1.165, 1.54) is 12.1 Å². The summed E-state index contributed by atoms with van der Waals surface area (Å²) in [7, 11) is 1.61. The van der Waals surface area contributed by atoms with Crippen molar-refractivity contribution in [3.63, 3.8) is 0 Å². The summed E-state index contributed by atoms with van der Waals surface area (Å²) in [6.45, 7) is 3.30. The van der Waals surface area contributed by atoms with E-state index in [0.29, 0.717) is 43.6 Å². The van der Waals surface area contributed by atoms with Gasteiger partial charge < -0.3 is 15.0 Å². The Morgan fingerprint density at radius 3 is 2.59 bits per heavy atom. The van der Waals surface area contributed by atoms with E-state index < -0.39 is 5.82 Å². The first-order valence-corrected chi connectivity index (χ1v) is 11.4. The predicted molar refractivity (Wildman–Crippen MR) is 127 cm³/mol. The summed E-state index contributed by atoms with van der Waals surface area (Å²) >= 11 is 0. The number of pyridine rings is 1. The maximum atomic E-state index is 13.5. The second-order valence-electron chi connectivity index (χ2n) is 8.46. The number of rotatable bonds is 6. The molecule has 0 saturated carbocycles. The Balaban J connectivity index is 1.45. The standard InChI is InChI=1S/C27H28FN3O3/c1-18-10-11-23(26(32)29-17-21-6-3-4-9-24(21)34-2)25(30-18)19-12-14-31(15-13-19)27(33)20-7-5-8-22(28)16-20/h3-11,16,19H,12-15,17H2,1-2H3,(H,29,32). The third-order valence-electron chi connectivity index (χ3n) is 6.18. The van der Waals surface area contributed by atoms with E-state index in [4.69, 9.17) is 9.72 Å². The second kappa shape index (κ2) is 10.5. The van der Waals surface area contributed by atoms with Crippen LogP contribution in [-0.4, -0.2) is 41.9 Å². The van der Waals surface area contributed by atoms with Crippen LogP contribution in [0.5, 0.6) is 5.75 Å². The Labute approximate surface area is 198 Å². The van der Waals surface area contributed by atoms with E-state index >= 15 is 0 Å². The number of methoxy groups -OCH3 is 1. The third-order valence-corrected chi connectivity index (χ3v) is 6.18. The maximum Gasteiger partial charge on any atom is 0.253 e. The zero-order chi connectivity index (χ0) is 24.1. The highest BCUT2D eigenvalue weighted by molar-refractivity contribution is 5.96. The number of ether oxygens (including phenoxy) is 1. The lowest BCUT2D eigenvalue weighted by atomic mass is 9.89. The molecule has 0 aliphatic carbocycles. The molecule has 0 atom stereocenters. The SMILES string of the molecule is COc1ccccc1CNC(=O)c1ccc(C)nc1C1CCN(C(=O)c2cccc(F)c2)CC1. The quantitative estimate of drug-likeness (QED) is 0.587. The lowest BCUT2D eigenvalue weighted by Gasteiger charge is -2.32. The molecule has 4 rings (SSSR count). The zero-order valence-corrected chi connectivity index (χ0v) is 19.4. The molecule has 1 fully saturated rings. The molecule has 0 unspecified atom stereocenters. The number of hydrogen-bond donors (Lipinski definition) is 1. The Hall–Kier alpha value is -3.74. The fourth-order valence-electron chi connectivity index (χ4n) is 4.36. The highest BCUT2D eigenvalue weighted by Crippen LogP contribution is 2.30. The average molecular weight is 462 g/mol. The van der Waals surface area contributed by atoms with Gasteiger partial charge in [-0.15, -0.1) is 0 Å². The smallest absolute Gasteiger partial charge is 0.253 e. The van der Waals surface area contributed by atoms with Crippen molar-refractivity contribution < 1.29 is 18.7 Å². The number of para-hydroxylation sites is 1. The van der Waals surface area contributed by atoms with Crippen molar-refractivity contribution in [1.29, 1.82) is 0 Å². The molecule has 1 aromatic heterocycles. The number of amides is 2. The van der Waals surface area contributed by atoms with Gasteiger partial charge in [0.25, 0.3) is 11.8 Å². The molecule has 0 radical (unpaired) electrons. The minimum atomic E-state index is -0.423. The monoisotopic (exact) mass is 461 g/mol. The highest BCUT2D eigenvalue weighted by Gasteiger charge is 2.28. The molecule has 3 aromatic rings. The number of halogens is 1. The van der Waals surface area contributed by atoms with Crippen molar-refractivity contribution in [3.8, 4) is 5.75 Å². The molecular weight excluding hydrogens is 433 g/mol. The third kappa shape index (κ3) is 5.25. The summed E-state index contributed by atoms with van der Waals surface area (Å²) in [6.07, 6.45) is 1.37. The number of hydrogen-bond acceptors (Lipinski definition) is 4. The van der Waals surface area contributed by atoms with Gasteiger partial charge in [-0.25, -0.2) is 4.39 Å². The first-order valence-electron chi connectivity index (χ1n) is 11.4. The molecule has 2 aromatic carbocycles. The van der Waals surface area contributed by atoms with E-state index in [9.17, 15) is 14.0 Å². The van der Waals surface area contributed by atoms with Crippen molar-refractivity contribution in [2.75, 3.05) is 20.2 Å². The lowest BCUT2D eigenvalue weighted by Crippen LogP contribution is -2.38. The van der Waals surface area contributed by atoms with Crippen LogP contribution in [0, 0.1) is 12.7 Å². The first kappa shape index (κ1) is 23.4. The Kier molecular flexibility index (Phi) is 7.21. The molecule has 7 heteroatoms. The molecule has 0 bridgehead atoms. The van der Waals surface area contributed by atoms with E-state index in [1.54, 1.807) is 24.1 Å². The van der Waals surface area contributed by atoms with Crippen molar-refractivity contribution in [1.82, 2.24) is 15.2 Å². The van der Waals surface area contributed by atoms with E-state index in [1.807, 2.05) is 43.3 Å². The normalized spacial score (nSPS) is 14.0. The highest BCUT2D eigenvalue weighted by atomic mass is 19.1. The topological polar surface area (TPSA) is 71.5 Å². The maximum absolute atomic E-state index is 13.5. The van der Waals surface area contributed by atoms with E-state index in [0.717, 1.165) is 22.7 Å². The zero-order valence-electron chi connectivity index (χ0n) is 19.4. The van der Waals surface area contributed by atoms with Gasteiger partial charge in [0.1, 0.15) is 11.6 Å². The van der Waals surface area contributed by atoms with Crippen LogP contribution >= 0.6 is 0 Å². The molecule has 0 spiro atoms. The number of likely N-dealkylation sites (tertiary alicyclic amines) is 1. The fraction of sp³-hybridized carbons (Fsp3) is 0.296. The van der Waals surface area contributed by atoms with Gasteiger partial charge in [0.05, 0.1) is 18.4 Å². The molecular formula is C27H28FN3O3. The number of aromatic nitrogens is 1. The van der Waals surface area contributed by atoms with Crippen LogP contribution in [0.1, 0.15) is 56.4 Å². The molecule has 1 saturated heterocycles. The number of piperidine rings is 1. The minimum absolute atomic E-state index is 0.0588. The fourth-order valence-corrected chi connectivity index (χ4v) is 4.36. The van der Waals surface area contributed by atoms with Gasteiger partial charge in [0.15, 0.2) is 0 Å². The largest absolute Gasteiger partial charge is 0.496 e. The van der Waals surface area contributed by atoms with Gasteiger partial charge in [-0.2, -0.15) is 0 Å². The van der Waals surface area contributed by atoms with Gasteiger partial charge >= 0.3 is 0 Å². The van der Waals surface area contributed by atoms with Crippen molar-refractivity contribution in [2.24, 2.45) is 0 Å². The minimum Gasteiger partial charge on any atom is -0.496 e. The molecule has 2 amide bonds. The van der Waals surface area contributed by atoms with Crippen LogP contribution in [-0.2, 0) is 6.54 Å². The number of carbonyl (C=O) groups is 2. The van der Waals surface area contributed by atoms with Crippen molar-refractivity contribution >= 4 is 11.8 Å². The molecule has 6 nitrogen and oxygen atoms in total. The summed E-state index contributed by atoms with van der Waals surface area (Å²) in [4.78, 5) is 32.3. The van der Waals surface area contributed by atoms with Gasteiger partial charge in [-0.1, -0.05) is 24.3 Å². The van der Waals surface area contributed by atoms with Crippen molar-refractivity contribution in [2.45, 2.75) is 32.2 Å². The summed E-state index contributed by atoms with van der Waals surface area (Å²) in [5.41, 5.74) is 3.40. The van der Waals surface area contributed by atoms with Gasteiger partial charge in [-0.05, 0) is 56.2 Å². The van der Waals surface area contributed by atoms with Crippen LogP contribution in [0.4, 0.5) is 4.39 Å². The summed E-state index contributed by atoms with van der Waals surface area (Å²) in [6, 6.07) is 17.0. The Bertz CT molecular complexity index is 1190. The first-order chi connectivity index (χ1) is 16.5. The Morgan fingerprint density at radius 2 is 1.85 bits per heavy atom. The second-order valence-corrected chi connectivity index (χ2v) is 8.46. The van der Waals surface area contributed by atoms with Gasteiger partial charge in [-0.3, -0.25) is 14.6 Å². The predicted octanol–water partition coefficient (Wildman–Crippen LogP) is 4.49. The number of benzene rings is 2. The van der Waals surface area contributed by atoms with Crippen LogP contribution in [0.25, 0.3) is 0 Å². The number of aryl methyl sites for hydroxylation is 1. The molecule has 176 valence electrons. The van der Waals surface area contributed by atoms with E-state index in [2.05, 4.69) is 5.32 Å². The van der Waals surface area contributed by atoms with Crippen LogP contribution < -0.4 is 10.1 Å². The number of nitrogens with one attached hydrogen (secondary N) is 1. The van der Waals surface area contributed by atoms with Crippen LogP contribution in [0.2, 0.25) is 0 Å². The Morgan fingerprint density at radius 1 is 1.09 bits per heavy atom. The van der Waals surface area contributed by atoms with Gasteiger partial charge in [0, 0.05) is 42.4 Å². The molecule has 1 N–H and O–H groups in total. The van der Waals surface area contributed by atoms with Crippen molar-refractivity contribution in [3.05, 3.63) is 94.6 Å². The van der Waals surface area contributed by atoms with Crippen LogP contribution in [0.15, 0.2) is 60.7 Å². The summed E-state index contributed by atoms with van der Waals surface area (Å²) in [5, 5.41) is 2.98. The lowest BCUT2D eigenvalue weighted by molar-refractivity contribution is 0.0710. The number of nitrogens with zero attached hydrogens (tertiary/aromatic N) is 2. The number of carbonyl (C=O) groups excluding carboxylic acids is 2. The molecule has 1 aliphatic heterocycles. The molecule has 1 aliphatic rings. The van der Waals surface area contributed by atoms with Gasteiger partial charge in [0.2, 0.25) is 0 Å².